The molecule has 0 saturated carbocycles. The summed E-state index contributed by atoms with van der Waals surface area (Å²) < 4.78 is 0. The molecular weight excluding hydrogens is 260 g/mol. The van der Waals surface area contributed by atoms with E-state index in [9.17, 15) is 0 Å². The van der Waals surface area contributed by atoms with Crippen LogP contribution in [0.4, 0.5) is 0 Å². The third kappa shape index (κ3) is 2.71. The number of hydrogen-bond donors (Lipinski definition) is 1. The zero-order valence-corrected chi connectivity index (χ0v) is 12.2. The number of rotatable bonds is 3. The normalized spacial score (nSPS) is 12.3. The van der Waals surface area contributed by atoms with E-state index in [1.165, 1.54) is 11.1 Å². The Morgan fingerprint density at radius 1 is 1.05 bits per heavy atom. The minimum atomic E-state index is -0.261. The van der Waals surface area contributed by atoms with Crippen LogP contribution in [0.3, 0.4) is 0 Å². The number of aromatic nitrogens is 3. The highest BCUT2D eigenvalue weighted by Crippen LogP contribution is 2.22. The van der Waals surface area contributed by atoms with Gasteiger partial charge >= 0.3 is 0 Å². The van der Waals surface area contributed by atoms with Gasteiger partial charge in [-0.2, -0.15) is 15.0 Å². The Kier molecular flexibility index (Phi) is 3.54. The zero-order valence-electron chi connectivity index (χ0n) is 12.2. The first-order chi connectivity index (χ1) is 10.1. The maximum atomic E-state index is 6.34. The van der Waals surface area contributed by atoms with E-state index in [0.717, 1.165) is 16.9 Å². The van der Waals surface area contributed by atoms with Crippen molar-refractivity contribution in [3.8, 4) is 5.69 Å². The fraction of sp³-hybridized carbons (Fsp3) is 0.176. The van der Waals surface area contributed by atoms with Gasteiger partial charge in [0.15, 0.2) is 0 Å². The lowest BCUT2D eigenvalue weighted by Crippen LogP contribution is -2.14. The van der Waals surface area contributed by atoms with E-state index in [-0.39, 0.29) is 6.04 Å². The number of aryl methyl sites for hydroxylation is 2. The van der Waals surface area contributed by atoms with E-state index >= 15 is 0 Å². The molecule has 0 bridgehead atoms. The summed E-state index contributed by atoms with van der Waals surface area (Å²) >= 11 is 0. The largest absolute Gasteiger partial charge is 0.319 e. The van der Waals surface area contributed by atoms with Crippen molar-refractivity contribution in [2.45, 2.75) is 19.9 Å². The summed E-state index contributed by atoms with van der Waals surface area (Å²) in [5.41, 5.74) is 11.5. The van der Waals surface area contributed by atoms with E-state index in [2.05, 4.69) is 42.2 Å². The molecule has 3 rings (SSSR count). The number of nitrogens with zero attached hydrogens (tertiary/aromatic N) is 3. The second-order valence-electron chi connectivity index (χ2n) is 5.23. The lowest BCUT2D eigenvalue weighted by atomic mass is 9.98. The molecule has 0 spiro atoms. The molecule has 106 valence electrons. The second-order valence-corrected chi connectivity index (χ2v) is 5.23. The van der Waals surface area contributed by atoms with Crippen molar-refractivity contribution in [3.05, 3.63) is 77.1 Å². The van der Waals surface area contributed by atoms with Crippen LogP contribution in [-0.4, -0.2) is 15.0 Å². The summed E-state index contributed by atoms with van der Waals surface area (Å²) in [6.45, 7) is 4.15. The molecule has 0 amide bonds. The topological polar surface area (TPSA) is 56.7 Å². The van der Waals surface area contributed by atoms with Crippen molar-refractivity contribution in [3.63, 3.8) is 0 Å². The van der Waals surface area contributed by atoms with E-state index in [4.69, 9.17) is 5.73 Å². The summed E-state index contributed by atoms with van der Waals surface area (Å²) in [5.74, 6) is 0. The Labute approximate surface area is 124 Å². The maximum Gasteiger partial charge on any atom is 0.104 e. The van der Waals surface area contributed by atoms with Gasteiger partial charge in [0.2, 0.25) is 0 Å². The maximum absolute atomic E-state index is 6.34. The van der Waals surface area contributed by atoms with Crippen LogP contribution < -0.4 is 5.73 Å². The van der Waals surface area contributed by atoms with Gasteiger partial charge < -0.3 is 5.73 Å². The molecule has 0 saturated heterocycles. The lowest BCUT2D eigenvalue weighted by molar-refractivity contribution is 0.718. The van der Waals surface area contributed by atoms with Crippen molar-refractivity contribution < 1.29 is 0 Å². The van der Waals surface area contributed by atoms with Gasteiger partial charge in [0.1, 0.15) is 5.69 Å². The summed E-state index contributed by atoms with van der Waals surface area (Å²) in [6.07, 6.45) is 1.73. The fourth-order valence-electron chi connectivity index (χ4n) is 2.44. The lowest BCUT2D eigenvalue weighted by Gasteiger charge is -2.12. The van der Waals surface area contributed by atoms with Crippen LogP contribution in [0, 0.1) is 13.8 Å². The first-order valence-electron chi connectivity index (χ1n) is 6.95. The van der Waals surface area contributed by atoms with Crippen molar-refractivity contribution in [2.75, 3.05) is 0 Å². The summed E-state index contributed by atoms with van der Waals surface area (Å²) in [7, 11) is 0. The molecule has 21 heavy (non-hydrogen) atoms. The zero-order chi connectivity index (χ0) is 14.8. The minimum absolute atomic E-state index is 0.261. The highest BCUT2D eigenvalue weighted by Gasteiger charge is 2.15. The third-order valence-electron chi connectivity index (χ3n) is 3.58. The monoisotopic (exact) mass is 278 g/mol. The Balaban J connectivity index is 1.92. The number of hydrogen-bond acceptors (Lipinski definition) is 3. The predicted octanol–water partition coefficient (Wildman–Crippen LogP) is 2.93. The molecule has 0 radical (unpaired) electrons. The van der Waals surface area contributed by atoms with Crippen molar-refractivity contribution in [2.24, 2.45) is 5.73 Å². The molecule has 1 unspecified atom stereocenters. The molecule has 4 nitrogen and oxygen atoms in total. The van der Waals surface area contributed by atoms with Gasteiger partial charge in [0, 0.05) is 0 Å². The number of para-hydroxylation sites is 1. The molecule has 3 aromatic rings. The molecule has 0 aliphatic rings. The van der Waals surface area contributed by atoms with E-state index < -0.39 is 0 Å². The standard InChI is InChI=1S/C17H18N4/c1-12-8-9-15(13(2)10-12)17(18)16-11-19-21(20-16)14-6-4-3-5-7-14/h3-11,17H,18H2,1-2H3. The Morgan fingerprint density at radius 2 is 1.81 bits per heavy atom. The third-order valence-corrected chi connectivity index (χ3v) is 3.58. The van der Waals surface area contributed by atoms with Gasteiger partial charge in [-0.3, -0.25) is 0 Å². The highest BCUT2D eigenvalue weighted by molar-refractivity contribution is 5.36. The Morgan fingerprint density at radius 3 is 2.52 bits per heavy atom. The van der Waals surface area contributed by atoms with E-state index in [1.807, 2.05) is 30.3 Å². The molecule has 2 aromatic carbocycles. The van der Waals surface area contributed by atoms with E-state index in [0.29, 0.717) is 0 Å². The van der Waals surface area contributed by atoms with Gasteiger partial charge in [0.05, 0.1) is 17.9 Å². The van der Waals surface area contributed by atoms with Crippen molar-refractivity contribution in [1.82, 2.24) is 15.0 Å². The molecule has 4 heteroatoms. The fourth-order valence-corrected chi connectivity index (χ4v) is 2.44. The number of nitrogens with two attached hydrogens (primary N) is 1. The minimum Gasteiger partial charge on any atom is -0.319 e. The first kappa shape index (κ1) is 13.5. The predicted molar refractivity (Wildman–Crippen MR) is 83.3 cm³/mol. The molecule has 1 atom stereocenters. The Bertz CT molecular complexity index is 746. The van der Waals surface area contributed by atoms with Crippen molar-refractivity contribution in [1.29, 1.82) is 0 Å². The first-order valence-corrected chi connectivity index (χ1v) is 6.95. The Hall–Kier alpha value is -2.46. The average molecular weight is 278 g/mol. The average Bonchev–Trinajstić information content (AvgIpc) is 2.97. The molecule has 2 N–H and O–H groups in total. The van der Waals surface area contributed by atoms with Gasteiger partial charge in [-0.15, -0.1) is 0 Å². The van der Waals surface area contributed by atoms with Gasteiger partial charge in [-0.05, 0) is 37.1 Å². The van der Waals surface area contributed by atoms with Crippen LogP contribution in [0.15, 0.2) is 54.7 Å². The van der Waals surface area contributed by atoms with Crippen LogP contribution in [0.1, 0.15) is 28.4 Å². The summed E-state index contributed by atoms with van der Waals surface area (Å²) in [5, 5.41) is 8.81. The smallest absolute Gasteiger partial charge is 0.104 e. The van der Waals surface area contributed by atoms with Crippen LogP contribution in [0.25, 0.3) is 5.69 Å². The summed E-state index contributed by atoms with van der Waals surface area (Å²) in [4.78, 5) is 1.61. The van der Waals surface area contributed by atoms with Gasteiger partial charge in [-0.1, -0.05) is 42.0 Å². The quantitative estimate of drug-likeness (QED) is 0.801. The van der Waals surface area contributed by atoms with Crippen LogP contribution in [-0.2, 0) is 0 Å². The molecule has 1 aromatic heterocycles. The number of benzene rings is 2. The molecular formula is C17H18N4. The highest BCUT2D eigenvalue weighted by atomic mass is 15.5. The molecule has 0 aliphatic heterocycles. The van der Waals surface area contributed by atoms with Crippen molar-refractivity contribution >= 4 is 0 Å². The second kappa shape index (κ2) is 5.50. The molecule has 1 heterocycles. The molecule has 0 aliphatic carbocycles. The van der Waals surface area contributed by atoms with Crippen LogP contribution >= 0.6 is 0 Å². The van der Waals surface area contributed by atoms with Crippen LogP contribution in [0.5, 0.6) is 0 Å². The van der Waals surface area contributed by atoms with E-state index in [1.54, 1.807) is 11.0 Å². The molecule has 0 fully saturated rings. The van der Waals surface area contributed by atoms with Gasteiger partial charge in [0.25, 0.3) is 0 Å². The SMILES string of the molecule is Cc1ccc(C(N)c2cnn(-c3ccccc3)n2)c(C)c1. The summed E-state index contributed by atoms with van der Waals surface area (Å²) in [6, 6.07) is 15.8. The van der Waals surface area contributed by atoms with Crippen LogP contribution in [0.2, 0.25) is 0 Å². The van der Waals surface area contributed by atoms with Gasteiger partial charge in [-0.25, -0.2) is 0 Å².